The molecule has 0 spiro atoms. The SMILES string of the molecule is CC.CC.CCc1c(OC)csc1C.Cc1scc2c1OCCO2.[CH2-]C(C)CC.[Pd]. The minimum atomic E-state index is 0. The van der Waals surface area contributed by atoms with Crippen LogP contribution >= 0.6 is 22.7 Å². The maximum atomic E-state index is 5.38. The Morgan fingerprint density at radius 2 is 1.50 bits per heavy atom. The van der Waals surface area contributed by atoms with Gasteiger partial charge in [0.15, 0.2) is 11.5 Å². The third-order valence-electron chi connectivity index (χ3n) is 3.81. The Bertz CT molecular complexity index is 590. The molecule has 0 aliphatic carbocycles. The van der Waals surface area contributed by atoms with Gasteiger partial charge in [-0.15, -0.1) is 22.7 Å². The molecule has 3 heterocycles. The number of ether oxygens (including phenoxy) is 3. The van der Waals surface area contributed by atoms with Crippen LogP contribution in [0.4, 0.5) is 0 Å². The molecule has 6 heteroatoms. The second-order valence-corrected chi connectivity index (χ2v) is 8.06. The van der Waals surface area contributed by atoms with Crippen LogP contribution in [0.2, 0.25) is 0 Å². The summed E-state index contributed by atoms with van der Waals surface area (Å²) in [5, 5.41) is 4.05. The van der Waals surface area contributed by atoms with Crippen molar-refractivity contribution in [2.45, 2.75) is 75.2 Å². The fourth-order valence-electron chi connectivity index (χ4n) is 2.04. The minimum absolute atomic E-state index is 0. The second-order valence-electron chi connectivity index (χ2n) is 5.89. The van der Waals surface area contributed by atoms with Crippen molar-refractivity contribution in [3.63, 3.8) is 0 Å². The Hall–Kier alpha value is -0.538. The second kappa shape index (κ2) is 21.7. The topological polar surface area (TPSA) is 27.7 Å². The molecule has 0 fully saturated rings. The fourth-order valence-corrected chi connectivity index (χ4v) is 3.68. The molecule has 2 aromatic heterocycles. The Labute approximate surface area is 208 Å². The van der Waals surface area contributed by atoms with Crippen molar-refractivity contribution < 1.29 is 34.6 Å². The van der Waals surface area contributed by atoms with Crippen molar-refractivity contribution in [2.75, 3.05) is 20.3 Å². The molecule has 0 N–H and O–H groups in total. The monoisotopic (exact) mass is 549 g/mol. The summed E-state index contributed by atoms with van der Waals surface area (Å²) in [4.78, 5) is 2.58. The first-order valence-corrected chi connectivity index (χ1v) is 12.5. The van der Waals surface area contributed by atoms with Crippen LogP contribution in [0, 0.1) is 26.7 Å². The van der Waals surface area contributed by atoms with Crippen molar-refractivity contribution in [1.29, 1.82) is 0 Å². The zero-order chi connectivity index (χ0) is 22.8. The first-order chi connectivity index (χ1) is 13.9. The Kier molecular flexibility index (Phi) is 24.6. The van der Waals surface area contributed by atoms with E-state index in [1.54, 1.807) is 29.8 Å². The van der Waals surface area contributed by atoms with Gasteiger partial charge in [0.05, 0.1) is 7.11 Å². The number of hydrogen-bond donors (Lipinski definition) is 0. The zero-order valence-corrected chi connectivity index (χ0v) is 23.8. The fraction of sp³-hybridized carbons (Fsp3) is 0.625. The molecule has 1 atom stereocenters. The van der Waals surface area contributed by atoms with Gasteiger partial charge in [0.2, 0.25) is 0 Å². The molecule has 0 bridgehead atoms. The third-order valence-corrected chi connectivity index (χ3v) is 5.61. The number of methoxy groups -OCH3 is 1. The molecule has 0 saturated heterocycles. The van der Waals surface area contributed by atoms with Crippen molar-refractivity contribution in [3.05, 3.63) is 33.0 Å². The predicted molar refractivity (Wildman–Crippen MR) is 133 cm³/mol. The number of aryl methyl sites for hydroxylation is 2. The normalized spacial score (nSPS) is 11.3. The van der Waals surface area contributed by atoms with Gasteiger partial charge in [0.25, 0.3) is 0 Å². The molecule has 0 amide bonds. The van der Waals surface area contributed by atoms with E-state index in [0.717, 1.165) is 23.7 Å². The summed E-state index contributed by atoms with van der Waals surface area (Å²) in [6.07, 6.45) is 2.26. The molecule has 2 aromatic rings. The van der Waals surface area contributed by atoms with Crippen LogP contribution in [-0.2, 0) is 26.8 Å². The number of hydrogen-bond acceptors (Lipinski definition) is 5. The minimum Gasteiger partial charge on any atom is -0.496 e. The standard InChI is InChI=1S/C8H12OS.C7H8O2S.C5H11.2C2H6.Pd/c1-4-7-6(2)10-5-8(7)9-3;1-5-7-6(4-10-5)8-2-3-9-7;1-4-5(2)3;2*1-2;/h5H,4H2,1-3H3;4H,2-3H2,1H3;5H,2,4H2,1,3H3;2*1-2H3;/q;;-1;;;. The van der Waals surface area contributed by atoms with Gasteiger partial charge in [-0.2, -0.15) is 5.92 Å². The van der Waals surface area contributed by atoms with Crippen molar-refractivity contribution in [3.8, 4) is 17.2 Å². The smallest absolute Gasteiger partial charge is 0.174 e. The Balaban J connectivity index is -0.000000346. The molecule has 3 rings (SSSR count). The van der Waals surface area contributed by atoms with Crippen molar-refractivity contribution >= 4 is 22.7 Å². The van der Waals surface area contributed by atoms with Gasteiger partial charge in [-0.3, -0.25) is 0 Å². The average molecular weight is 550 g/mol. The molecule has 30 heavy (non-hydrogen) atoms. The molecule has 0 radical (unpaired) electrons. The summed E-state index contributed by atoms with van der Waals surface area (Å²) < 4.78 is 15.9. The van der Waals surface area contributed by atoms with Gasteiger partial charge in [-0.05, 0) is 20.3 Å². The molecule has 1 aliphatic heterocycles. The maximum absolute atomic E-state index is 5.38. The Morgan fingerprint density at radius 1 is 1.00 bits per heavy atom. The van der Waals surface area contributed by atoms with Crippen molar-refractivity contribution in [2.24, 2.45) is 5.92 Å². The van der Waals surface area contributed by atoms with Crippen LogP contribution in [0.3, 0.4) is 0 Å². The largest absolute Gasteiger partial charge is 0.496 e. The molecule has 180 valence electrons. The molecular weight excluding hydrogens is 507 g/mol. The first kappa shape index (κ1) is 34.1. The van der Waals surface area contributed by atoms with E-state index in [0.29, 0.717) is 19.1 Å². The van der Waals surface area contributed by atoms with Gasteiger partial charge in [-0.1, -0.05) is 54.9 Å². The van der Waals surface area contributed by atoms with E-state index >= 15 is 0 Å². The van der Waals surface area contributed by atoms with Crippen molar-refractivity contribution in [1.82, 2.24) is 0 Å². The summed E-state index contributed by atoms with van der Waals surface area (Å²) in [7, 11) is 1.72. The summed E-state index contributed by atoms with van der Waals surface area (Å²) in [5.41, 5.74) is 1.35. The van der Waals surface area contributed by atoms with Crippen LogP contribution < -0.4 is 14.2 Å². The summed E-state index contributed by atoms with van der Waals surface area (Å²) in [5.74, 6) is 3.53. The van der Waals surface area contributed by atoms with E-state index in [4.69, 9.17) is 14.2 Å². The molecule has 1 aliphatic rings. The maximum Gasteiger partial charge on any atom is 0.174 e. The van der Waals surface area contributed by atoms with Crippen LogP contribution in [0.15, 0.2) is 10.8 Å². The van der Waals surface area contributed by atoms with E-state index < -0.39 is 0 Å². The molecular formula is C24H43O3PdS2-. The van der Waals surface area contributed by atoms with Gasteiger partial charge in [0.1, 0.15) is 19.0 Å². The van der Waals surface area contributed by atoms with E-state index in [1.807, 2.05) is 40.0 Å². The molecule has 1 unspecified atom stereocenters. The average Bonchev–Trinajstić information content (AvgIpc) is 3.34. The summed E-state index contributed by atoms with van der Waals surface area (Å²) in [6, 6.07) is 0. The van der Waals surface area contributed by atoms with Crippen LogP contribution in [-0.4, -0.2) is 20.3 Å². The molecule has 0 saturated carbocycles. The van der Waals surface area contributed by atoms with Gasteiger partial charge >= 0.3 is 0 Å². The predicted octanol–water partition coefficient (Wildman–Crippen LogP) is 8.37. The van der Waals surface area contributed by atoms with E-state index in [1.165, 1.54) is 21.7 Å². The first-order valence-electron chi connectivity index (χ1n) is 10.7. The zero-order valence-electron chi connectivity index (χ0n) is 20.6. The number of rotatable bonds is 3. The molecule has 0 aromatic carbocycles. The van der Waals surface area contributed by atoms with E-state index in [-0.39, 0.29) is 20.4 Å². The third kappa shape index (κ3) is 13.0. The number of fused-ring (bicyclic) bond motifs is 1. The van der Waals surface area contributed by atoms with E-state index in [2.05, 4.69) is 40.0 Å². The summed E-state index contributed by atoms with van der Waals surface area (Å²) >= 11 is 3.43. The van der Waals surface area contributed by atoms with E-state index in [9.17, 15) is 0 Å². The number of thiophene rings is 2. The van der Waals surface area contributed by atoms with Crippen LogP contribution in [0.5, 0.6) is 17.2 Å². The molecule has 3 nitrogen and oxygen atoms in total. The van der Waals surface area contributed by atoms with Crippen LogP contribution in [0.25, 0.3) is 0 Å². The van der Waals surface area contributed by atoms with Gasteiger partial charge in [0, 0.05) is 46.5 Å². The summed E-state index contributed by atoms with van der Waals surface area (Å²) in [6.45, 7) is 23.7. The Morgan fingerprint density at radius 3 is 1.90 bits per heavy atom. The quantitative estimate of drug-likeness (QED) is 0.284. The van der Waals surface area contributed by atoms with Gasteiger partial charge in [-0.25, -0.2) is 0 Å². The van der Waals surface area contributed by atoms with Gasteiger partial charge < -0.3 is 21.1 Å². The van der Waals surface area contributed by atoms with Crippen LogP contribution in [0.1, 0.15) is 70.2 Å².